The van der Waals surface area contributed by atoms with Crippen LogP contribution in [-0.2, 0) is 7.05 Å². The minimum absolute atomic E-state index is 0.385. The van der Waals surface area contributed by atoms with Crippen LogP contribution in [0.5, 0.6) is 11.6 Å². The number of ether oxygens (including phenoxy) is 1. The van der Waals surface area contributed by atoms with Gasteiger partial charge in [-0.25, -0.2) is 15.0 Å². The molecule has 1 aromatic carbocycles. The third-order valence-corrected chi connectivity index (χ3v) is 6.01. The zero-order valence-electron chi connectivity index (χ0n) is 18.0. The van der Waals surface area contributed by atoms with E-state index in [0.717, 1.165) is 46.6 Å². The Balaban J connectivity index is 1.59. The molecule has 0 bridgehead atoms. The average molecular weight is 415 g/mol. The van der Waals surface area contributed by atoms with Gasteiger partial charge < -0.3 is 20.4 Å². The molecule has 1 aliphatic heterocycles. The second kappa shape index (κ2) is 7.67. The molecule has 7 heteroatoms. The van der Waals surface area contributed by atoms with Crippen molar-refractivity contribution in [3.8, 4) is 22.8 Å². The Morgan fingerprint density at radius 2 is 1.94 bits per heavy atom. The van der Waals surface area contributed by atoms with Crippen LogP contribution in [0.1, 0.15) is 30.7 Å². The predicted octanol–water partition coefficient (Wildman–Crippen LogP) is 4.18. The van der Waals surface area contributed by atoms with Gasteiger partial charge in [0.2, 0.25) is 5.88 Å². The molecule has 31 heavy (non-hydrogen) atoms. The van der Waals surface area contributed by atoms with Crippen LogP contribution in [0.15, 0.2) is 48.8 Å². The first-order chi connectivity index (χ1) is 15.0. The lowest BCUT2D eigenvalue weighted by molar-refractivity contribution is 0.462. The van der Waals surface area contributed by atoms with Gasteiger partial charge in [0.1, 0.15) is 23.5 Å². The van der Waals surface area contributed by atoms with E-state index >= 15 is 0 Å². The van der Waals surface area contributed by atoms with Gasteiger partial charge in [-0.05, 0) is 44.0 Å². The number of nitrogens with one attached hydrogen (secondary N) is 1. The summed E-state index contributed by atoms with van der Waals surface area (Å²) in [6.45, 7) is 5.11. The van der Waals surface area contributed by atoms with Crippen LogP contribution in [0.4, 0.5) is 5.82 Å². The molecule has 3 N–H and O–H groups in total. The summed E-state index contributed by atoms with van der Waals surface area (Å²) in [4.78, 5) is 13.2. The number of hydrogen-bond donors (Lipinski definition) is 2. The molecule has 0 saturated carbocycles. The number of hydrogen-bond acceptors (Lipinski definition) is 6. The second-order valence-corrected chi connectivity index (χ2v) is 8.26. The van der Waals surface area contributed by atoms with Crippen LogP contribution in [0.2, 0.25) is 0 Å². The minimum Gasteiger partial charge on any atom is -0.439 e. The Kier molecular flexibility index (Phi) is 4.82. The summed E-state index contributed by atoms with van der Waals surface area (Å²) < 4.78 is 8.11. The van der Waals surface area contributed by atoms with Crippen molar-refractivity contribution in [3.05, 3.63) is 60.2 Å². The summed E-state index contributed by atoms with van der Waals surface area (Å²) in [5, 5.41) is 4.48. The van der Waals surface area contributed by atoms with Crippen molar-refractivity contribution < 1.29 is 4.74 Å². The van der Waals surface area contributed by atoms with Crippen molar-refractivity contribution in [2.45, 2.75) is 32.2 Å². The quantitative estimate of drug-likeness (QED) is 0.521. The number of aryl methyl sites for hydroxylation is 2. The highest BCUT2D eigenvalue weighted by Crippen LogP contribution is 2.42. The first kappa shape index (κ1) is 19.5. The van der Waals surface area contributed by atoms with Crippen molar-refractivity contribution in [1.82, 2.24) is 24.8 Å². The Bertz CT molecular complexity index is 1250. The standard InChI is InChI=1S/C24H26N6O/c1-14-5-4-6-19(29-14)31-18-9-7-16(8-10-18)20-21-23(25)27-13-28-24(21)30(3)22(20)17-11-15(2)26-12-17/h4-10,13,15,17,26H,11-12H2,1-3H3,(H2,25,27,28). The maximum Gasteiger partial charge on any atom is 0.219 e. The van der Waals surface area contributed by atoms with E-state index in [-0.39, 0.29) is 0 Å². The Morgan fingerprint density at radius 1 is 1.13 bits per heavy atom. The Morgan fingerprint density at radius 3 is 2.65 bits per heavy atom. The van der Waals surface area contributed by atoms with Gasteiger partial charge in [0, 0.05) is 48.6 Å². The third-order valence-electron chi connectivity index (χ3n) is 6.01. The van der Waals surface area contributed by atoms with Crippen molar-refractivity contribution in [2.24, 2.45) is 7.05 Å². The molecule has 7 nitrogen and oxygen atoms in total. The van der Waals surface area contributed by atoms with Gasteiger partial charge in [-0.3, -0.25) is 0 Å². The van der Waals surface area contributed by atoms with Crippen molar-refractivity contribution in [3.63, 3.8) is 0 Å². The van der Waals surface area contributed by atoms with E-state index in [1.54, 1.807) is 0 Å². The number of anilines is 1. The highest BCUT2D eigenvalue weighted by atomic mass is 16.5. The summed E-state index contributed by atoms with van der Waals surface area (Å²) in [6, 6.07) is 14.3. The van der Waals surface area contributed by atoms with Crippen LogP contribution < -0.4 is 15.8 Å². The number of aromatic nitrogens is 4. The zero-order chi connectivity index (χ0) is 21.5. The van der Waals surface area contributed by atoms with Gasteiger partial charge in [-0.15, -0.1) is 0 Å². The van der Waals surface area contributed by atoms with Gasteiger partial charge in [0.05, 0.1) is 5.39 Å². The number of benzene rings is 1. The average Bonchev–Trinajstić information content (AvgIpc) is 3.30. The Labute approximate surface area is 181 Å². The van der Waals surface area contributed by atoms with Gasteiger partial charge in [-0.1, -0.05) is 18.2 Å². The SMILES string of the molecule is Cc1cccc(Oc2ccc(-c3c(C4CNC(C)C4)n(C)c4ncnc(N)c34)cc2)n1. The largest absolute Gasteiger partial charge is 0.439 e. The summed E-state index contributed by atoms with van der Waals surface area (Å²) in [7, 11) is 2.07. The number of nitrogens with zero attached hydrogens (tertiary/aromatic N) is 4. The number of rotatable bonds is 4. The fourth-order valence-corrected chi connectivity index (χ4v) is 4.59. The molecule has 5 rings (SSSR count). The summed E-state index contributed by atoms with van der Waals surface area (Å²) in [6.07, 6.45) is 2.61. The summed E-state index contributed by atoms with van der Waals surface area (Å²) in [5.74, 6) is 2.22. The lowest BCUT2D eigenvalue weighted by Crippen LogP contribution is -2.16. The van der Waals surface area contributed by atoms with Gasteiger partial charge in [0.25, 0.3) is 0 Å². The molecule has 2 atom stereocenters. The van der Waals surface area contributed by atoms with Crippen molar-refractivity contribution >= 4 is 16.9 Å². The smallest absolute Gasteiger partial charge is 0.219 e. The molecule has 3 aromatic heterocycles. The predicted molar refractivity (Wildman–Crippen MR) is 122 cm³/mol. The molecule has 2 unspecified atom stereocenters. The molecule has 1 aliphatic rings. The zero-order valence-corrected chi connectivity index (χ0v) is 18.0. The van der Waals surface area contributed by atoms with E-state index in [2.05, 4.69) is 50.9 Å². The first-order valence-corrected chi connectivity index (χ1v) is 10.6. The molecular formula is C24H26N6O. The van der Waals surface area contributed by atoms with E-state index in [1.807, 2.05) is 37.3 Å². The van der Waals surface area contributed by atoms with Crippen molar-refractivity contribution in [2.75, 3.05) is 12.3 Å². The van der Waals surface area contributed by atoms with E-state index < -0.39 is 0 Å². The molecule has 4 heterocycles. The van der Waals surface area contributed by atoms with Gasteiger partial charge in [-0.2, -0.15) is 0 Å². The highest BCUT2D eigenvalue weighted by Gasteiger charge is 2.30. The number of pyridine rings is 1. The maximum atomic E-state index is 6.34. The number of nitrogen functional groups attached to an aromatic ring is 1. The second-order valence-electron chi connectivity index (χ2n) is 8.26. The monoisotopic (exact) mass is 414 g/mol. The maximum absolute atomic E-state index is 6.34. The van der Waals surface area contributed by atoms with Crippen LogP contribution >= 0.6 is 0 Å². The highest BCUT2D eigenvalue weighted by molar-refractivity contribution is 6.02. The number of fused-ring (bicyclic) bond motifs is 1. The fraction of sp³-hybridized carbons (Fsp3) is 0.292. The van der Waals surface area contributed by atoms with Crippen molar-refractivity contribution in [1.29, 1.82) is 0 Å². The molecule has 0 spiro atoms. The fourth-order valence-electron chi connectivity index (χ4n) is 4.59. The molecule has 0 radical (unpaired) electrons. The molecule has 1 fully saturated rings. The number of nitrogens with two attached hydrogens (primary N) is 1. The van der Waals surface area contributed by atoms with E-state index in [9.17, 15) is 0 Å². The molecule has 1 saturated heterocycles. The normalized spacial score (nSPS) is 18.5. The molecular weight excluding hydrogens is 388 g/mol. The van der Waals surface area contributed by atoms with Gasteiger partial charge in [0.15, 0.2) is 0 Å². The van der Waals surface area contributed by atoms with Crippen LogP contribution in [0, 0.1) is 6.92 Å². The lowest BCUT2D eigenvalue weighted by Gasteiger charge is -2.15. The molecule has 4 aromatic rings. The van der Waals surface area contributed by atoms with Crippen LogP contribution in [0.25, 0.3) is 22.2 Å². The first-order valence-electron chi connectivity index (χ1n) is 10.6. The topological polar surface area (TPSA) is 90.9 Å². The summed E-state index contributed by atoms with van der Waals surface area (Å²) >= 11 is 0. The van der Waals surface area contributed by atoms with E-state index in [1.165, 1.54) is 12.0 Å². The van der Waals surface area contributed by atoms with Crippen LogP contribution in [0.3, 0.4) is 0 Å². The molecule has 0 amide bonds. The van der Waals surface area contributed by atoms with E-state index in [0.29, 0.717) is 23.7 Å². The molecule has 0 aliphatic carbocycles. The third kappa shape index (κ3) is 3.51. The lowest BCUT2D eigenvalue weighted by atomic mass is 9.93. The van der Waals surface area contributed by atoms with Gasteiger partial charge >= 0.3 is 0 Å². The van der Waals surface area contributed by atoms with E-state index in [4.69, 9.17) is 10.5 Å². The molecule has 158 valence electrons. The Hall–Kier alpha value is -3.45. The van der Waals surface area contributed by atoms with Crippen LogP contribution in [-0.4, -0.2) is 32.1 Å². The summed E-state index contributed by atoms with van der Waals surface area (Å²) in [5.41, 5.74) is 11.5. The minimum atomic E-state index is 0.385.